The summed E-state index contributed by atoms with van der Waals surface area (Å²) in [5.74, 6) is 1.90. The molecule has 0 N–H and O–H groups in total. The van der Waals surface area contributed by atoms with Crippen molar-refractivity contribution in [3.63, 3.8) is 0 Å². The van der Waals surface area contributed by atoms with Crippen LogP contribution in [0, 0.1) is 0 Å². The van der Waals surface area contributed by atoms with Gasteiger partial charge in [-0.25, -0.2) is 0 Å². The number of hydrogen-bond donors (Lipinski definition) is 0. The fraction of sp³-hybridized carbons (Fsp3) is 0.429. The van der Waals surface area contributed by atoms with Crippen LogP contribution in [-0.2, 0) is 0 Å². The molecule has 0 aromatic carbocycles. The Labute approximate surface area is 72.9 Å². The molecule has 0 bridgehead atoms. The maximum Gasteiger partial charge on any atom is 0.243 e. The van der Waals surface area contributed by atoms with E-state index in [4.69, 9.17) is 4.52 Å². The van der Waals surface area contributed by atoms with Crippen molar-refractivity contribution < 1.29 is 9.05 Å². The summed E-state index contributed by atoms with van der Waals surface area (Å²) >= 11 is 0. The average molecular weight is 178 g/mol. The number of hydrogen-bond acceptors (Lipinski definition) is 6. The molecular formula is C7H6N4O2. The second kappa shape index (κ2) is 2.38. The van der Waals surface area contributed by atoms with E-state index in [1.807, 2.05) is 0 Å². The summed E-state index contributed by atoms with van der Waals surface area (Å²) in [6, 6.07) is 0. The van der Waals surface area contributed by atoms with Gasteiger partial charge in [0.15, 0.2) is 0 Å². The molecule has 2 heterocycles. The van der Waals surface area contributed by atoms with E-state index in [0.29, 0.717) is 23.5 Å². The van der Waals surface area contributed by atoms with Gasteiger partial charge in [-0.2, -0.15) is 9.97 Å². The van der Waals surface area contributed by atoms with Crippen molar-refractivity contribution in [3.05, 3.63) is 12.3 Å². The SMILES string of the molecule is c1nc(-c2noc(C3CC3)n2)no1. The predicted octanol–water partition coefficient (Wildman–Crippen LogP) is 0.997. The average Bonchev–Trinajstić information content (AvgIpc) is 2.72. The second-order valence-electron chi connectivity index (χ2n) is 2.99. The Morgan fingerprint density at radius 2 is 2.15 bits per heavy atom. The zero-order chi connectivity index (χ0) is 8.67. The minimum atomic E-state index is 0.371. The monoisotopic (exact) mass is 178 g/mol. The molecule has 0 amide bonds. The van der Waals surface area contributed by atoms with Crippen LogP contribution in [0.2, 0.25) is 0 Å². The molecule has 1 aliphatic rings. The van der Waals surface area contributed by atoms with Crippen molar-refractivity contribution in [1.29, 1.82) is 0 Å². The predicted molar refractivity (Wildman–Crippen MR) is 39.6 cm³/mol. The van der Waals surface area contributed by atoms with E-state index < -0.39 is 0 Å². The topological polar surface area (TPSA) is 77.8 Å². The number of nitrogens with zero attached hydrogens (tertiary/aromatic N) is 4. The molecule has 0 unspecified atom stereocenters. The maximum absolute atomic E-state index is 5.03. The molecule has 66 valence electrons. The van der Waals surface area contributed by atoms with Crippen molar-refractivity contribution in [2.45, 2.75) is 18.8 Å². The van der Waals surface area contributed by atoms with Gasteiger partial charge in [0, 0.05) is 5.92 Å². The molecule has 6 nitrogen and oxygen atoms in total. The first-order valence-electron chi connectivity index (χ1n) is 4.04. The van der Waals surface area contributed by atoms with E-state index in [2.05, 4.69) is 24.8 Å². The Hall–Kier alpha value is -1.72. The van der Waals surface area contributed by atoms with Gasteiger partial charge < -0.3 is 9.05 Å². The van der Waals surface area contributed by atoms with Crippen LogP contribution < -0.4 is 0 Å². The summed E-state index contributed by atoms with van der Waals surface area (Å²) in [7, 11) is 0. The normalized spacial score (nSPS) is 16.3. The molecule has 2 aromatic rings. The first kappa shape index (κ1) is 6.76. The molecular weight excluding hydrogens is 172 g/mol. The largest absolute Gasteiger partial charge is 0.342 e. The standard InChI is InChI=1S/C7H6N4O2/c1-2-4(1)7-9-6(11-13-7)5-8-3-12-10-5/h3-4H,1-2H2. The van der Waals surface area contributed by atoms with Gasteiger partial charge in [0.2, 0.25) is 23.9 Å². The smallest absolute Gasteiger partial charge is 0.243 e. The zero-order valence-corrected chi connectivity index (χ0v) is 6.67. The van der Waals surface area contributed by atoms with Crippen LogP contribution >= 0.6 is 0 Å². The van der Waals surface area contributed by atoms with E-state index in [9.17, 15) is 0 Å². The molecule has 0 aliphatic heterocycles. The van der Waals surface area contributed by atoms with Crippen molar-refractivity contribution >= 4 is 0 Å². The zero-order valence-electron chi connectivity index (χ0n) is 6.67. The van der Waals surface area contributed by atoms with E-state index in [1.165, 1.54) is 6.39 Å². The molecule has 0 radical (unpaired) electrons. The molecule has 6 heteroatoms. The van der Waals surface area contributed by atoms with E-state index in [0.717, 1.165) is 12.8 Å². The van der Waals surface area contributed by atoms with Crippen molar-refractivity contribution in [2.75, 3.05) is 0 Å². The number of aromatic nitrogens is 4. The summed E-state index contributed by atoms with van der Waals surface area (Å²) in [6.07, 6.45) is 3.50. The highest BCUT2D eigenvalue weighted by Gasteiger charge is 2.30. The van der Waals surface area contributed by atoms with Gasteiger partial charge in [-0.05, 0) is 12.8 Å². The summed E-state index contributed by atoms with van der Waals surface area (Å²) in [6.45, 7) is 0. The number of rotatable bonds is 2. The van der Waals surface area contributed by atoms with Crippen molar-refractivity contribution in [3.8, 4) is 11.6 Å². The lowest BCUT2D eigenvalue weighted by Gasteiger charge is -1.79. The molecule has 0 saturated heterocycles. The van der Waals surface area contributed by atoms with Crippen LogP contribution in [0.15, 0.2) is 15.4 Å². The van der Waals surface area contributed by atoms with Crippen LogP contribution in [0.3, 0.4) is 0 Å². The summed E-state index contributed by atoms with van der Waals surface area (Å²) in [5, 5.41) is 7.36. The Bertz CT molecular complexity index is 404. The van der Waals surface area contributed by atoms with Gasteiger partial charge in [-0.1, -0.05) is 10.3 Å². The van der Waals surface area contributed by atoms with Gasteiger partial charge in [-0.3, -0.25) is 0 Å². The molecule has 0 atom stereocenters. The Balaban J connectivity index is 1.97. The van der Waals surface area contributed by atoms with Crippen LogP contribution in [0.4, 0.5) is 0 Å². The second-order valence-corrected chi connectivity index (χ2v) is 2.99. The van der Waals surface area contributed by atoms with Crippen LogP contribution in [0.25, 0.3) is 11.6 Å². The highest BCUT2D eigenvalue weighted by molar-refractivity contribution is 5.39. The van der Waals surface area contributed by atoms with Crippen molar-refractivity contribution in [1.82, 2.24) is 20.3 Å². The molecule has 3 rings (SSSR count). The third-order valence-corrected chi connectivity index (χ3v) is 1.93. The first-order chi connectivity index (χ1) is 6.43. The third-order valence-electron chi connectivity index (χ3n) is 1.93. The lowest BCUT2D eigenvalue weighted by atomic mass is 10.4. The highest BCUT2D eigenvalue weighted by atomic mass is 16.5. The van der Waals surface area contributed by atoms with E-state index in [1.54, 1.807) is 0 Å². The molecule has 0 spiro atoms. The minimum Gasteiger partial charge on any atom is -0.342 e. The fourth-order valence-corrected chi connectivity index (χ4v) is 1.09. The maximum atomic E-state index is 5.03. The van der Waals surface area contributed by atoms with Crippen LogP contribution in [0.5, 0.6) is 0 Å². The summed E-state index contributed by atoms with van der Waals surface area (Å²) in [5.41, 5.74) is 0. The molecule has 1 saturated carbocycles. The summed E-state index contributed by atoms with van der Waals surface area (Å²) in [4.78, 5) is 7.97. The first-order valence-corrected chi connectivity index (χ1v) is 4.04. The van der Waals surface area contributed by atoms with Gasteiger partial charge in [0.05, 0.1) is 0 Å². The van der Waals surface area contributed by atoms with E-state index >= 15 is 0 Å². The Morgan fingerprint density at radius 1 is 1.23 bits per heavy atom. The highest BCUT2D eigenvalue weighted by Crippen LogP contribution is 2.39. The van der Waals surface area contributed by atoms with Crippen molar-refractivity contribution in [2.24, 2.45) is 0 Å². The Kier molecular flexibility index (Phi) is 1.24. The van der Waals surface area contributed by atoms with Gasteiger partial charge in [0.25, 0.3) is 0 Å². The Morgan fingerprint density at radius 3 is 2.85 bits per heavy atom. The van der Waals surface area contributed by atoms with Gasteiger partial charge >= 0.3 is 0 Å². The molecule has 2 aromatic heterocycles. The lowest BCUT2D eigenvalue weighted by Crippen LogP contribution is -1.83. The minimum absolute atomic E-state index is 0.371. The van der Waals surface area contributed by atoms with Gasteiger partial charge in [-0.15, -0.1) is 0 Å². The summed E-state index contributed by atoms with van der Waals surface area (Å²) < 4.78 is 9.60. The molecule has 1 aliphatic carbocycles. The quantitative estimate of drug-likeness (QED) is 0.682. The van der Waals surface area contributed by atoms with Gasteiger partial charge in [0.1, 0.15) is 0 Å². The third kappa shape index (κ3) is 1.10. The van der Waals surface area contributed by atoms with Crippen LogP contribution in [-0.4, -0.2) is 20.3 Å². The lowest BCUT2D eigenvalue weighted by molar-refractivity contribution is 0.379. The van der Waals surface area contributed by atoms with Crippen LogP contribution in [0.1, 0.15) is 24.7 Å². The molecule has 1 fully saturated rings. The van der Waals surface area contributed by atoms with E-state index in [-0.39, 0.29) is 0 Å². The molecule has 13 heavy (non-hydrogen) atoms. The fourth-order valence-electron chi connectivity index (χ4n) is 1.09.